The van der Waals surface area contributed by atoms with Gasteiger partial charge in [-0.15, -0.1) is 0 Å². The van der Waals surface area contributed by atoms with Crippen LogP contribution < -0.4 is 20.7 Å². The molecule has 3 heteroatoms. The monoisotopic (exact) mass is 523 g/mol. The Labute approximate surface area is 229 Å². The fourth-order valence-corrected chi connectivity index (χ4v) is 10.6. The molecule has 4 aromatic rings. The minimum atomic E-state index is -1.79. The summed E-state index contributed by atoms with van der Waals surface area (Å²) >= 11 is 0. The van der Waals surface area contributed by atoms with E-state index in [1.807, 2.05) is 13.8 Å². The highest BCUT2D eigenvalue weighted by Gasteiger charge is 2.45. The molecule has 1 unspecified atom stereocenters. The third-order valence-electron chi connectivity index (χ3n) is 8.63. The lowest BCUT2D eigenvalue weighted by atomic mass is 9.85. The maximum Gasteiger partial charge on any atom is 0.127 e. The number of ether oxygens (including phenoxy) is 1. The number of rotatable bonds is 8. The van der Waals surface area contributed by atoms with Crippen LogP contribution in [0.5, 0.6) is 11.5 Å². The van der Waals surface area contributed by atoms with Crippen LogP contribution in [0.25, 0.3) is 0 Å². The average Bonchev–Trinajstić information content (AvgIpc) is 2.96. The normalized spacial score (nSPS) is 17.1. The predicted molar refractivity (Wildman–Crippen MR) is 164 cm³/mol. The maximum absolute atomic E-state index is 10.6. The lowest BCUT2D eigenvalue weighted by molar-refractivity contribution is 0.0527. The molecular weight excluding hydrogens is 483 g/mol. The molecule has 1 aliphatic heterocycles. The summed E-state index contributed by atoms with van der Waals surface area (Å²) in [6.45, 7) is 8.37. The molecule has 1 N–H and O–H groups in total. The maximum atomic E-state index is 10.6. The van der Waals surface area contributed by atoms with E-state index in [9.17, 15) is 5.11 Å². The number of benzene rings is 4. The number of hydrogen-bond donors (Lipinski definition) is 1. The SMILES string of the molecule is Cc1c(C)c2c(c(C)c1O)CCC(C)(CCCC[P+](c1ccccc1)(c1ccccc1)c1ccccc1)O2. The Kier molecular flexibility index (Phi) is 7.64. The Hall–Kier alpha value is -3.09. The fourth-order valence-electron chi connectivity index (χ4n) is 6.20. The van der Waals surface area contributed by atoms with Gasteiger partial charge in [-0.2, -0.15) is 0 Å². The van der Waals surface area contributed by atoms with Gasteiger partial charge in [-0.25, -0.2) is 0 Å². The Morgan fingerprint density at radius 1 is 0.711 bits per heavy atom. The van der Waals surface area contributed by atoms with Crippen molar-refractivity contribution in [3.05, 3.63) is 113 Å². The zero-order chi connectivity index (χ0) is 26.8. The van der Waals surface area contributed by atoms with E-state index in [1.54, 1.807) is 0 Å². The predicted octanol–water partition coefficient (Wildman–Crippen LogP) is 7.57. The Morgan fingerprint density at radius 2 is 1.21 bits per heavy atom. The van der Waals surface area contributed by atoms with Gasteiger partial charge in [0, 0.05) is 5.56 Å². The third kappa shape index (κ3) is 4.87. The molecule has 0 aromatic heterocycles. The summed E-state index contributed by atoms with van der Waals surface area (Å²) in [4.78, 5) is 0. The first-order chi connectivity index (χ1) is 18.4. The Bertz CT molecular complexity index is 1290. The lowest BCUT2D eigenvalue weighted by Gasteiger charge is -2.38. The smallest absolute Gasteiger partial charge is 0.127 e. The molecule has 5 rings (SSSR count). The number of fused-ring (bicyclic) bond motifs is 1. The molecule has 0 saturated carbocycles. The second kappa shape index (κ2) is 11.0. The van der Waals surface area contributed by atoms with Crippen molar-refractivity contribution in [1.29, 1.82) is 0 Å². The van der Waals surface area contributed by atoms with Gasteiger partial charge < -0.3 is 9.84 Å². The molecule has 0 fully saturated rings. The van der Waals surface area contributed by atoms with E-state index in [-0.39, 0.29) is 5.60 Å². The molecule has 1 aliphatic rings. The van der Waals surface area contributed by atoms with Gasteiger partial charge in [0.2, 0.25) is 0 Å². The number of phenolic OH excluding ortho intramolecular Hbond substituents is 1. The molecule has 1 atom stereocenters. The molecule has 0 spiro atoms. The van der Waals surface area contributed by atoms with Crippen molar-refractivity contribution in [3.63, 3.8) is 0 Å². The quantitative estimate of drug-likeness (QED) is 0.191. The van der Waals surface area contributed by atoms with Crippen LogP contribution in [-0.2, 0) is 6.42 Å². The van der Waals surface area contributed by atoms with Gasteiger partial charge >= 0.3 is 0 Å². The molecule has 38 heavy (non-hydrogen) atoms. The van der Waals surface area contributed by atoms with E-state index in [4.69, 9.17) is 4.74 Å². The van der Waals surface area contributed by atoms with Gasteiger partial charge in [0.1, 0.15) is 40.3 Å². The zero-order valence-electron chi connectivity index (χ0n) is 23.2. The number of unbranched alkanes of at least 4 members (excludes halogenated alkanes) is 1. The van der Waals surface area contributed by atoms with Crippen molar-refractivity contribution in [1.82, 2.24) is 0 Å². The van der Waals surface area contributed by atoms with Gasteiger partial charge in [0.05, 0.1) is 6.16 Å². The van der Waals surface area contributed by atoms with Gasteiger partial charge in [0.15, 0.2) is 0 Å². The van der Waals surface area contributed by atoms with Crippen molar-refractivity contribution in [2.45, 2.75) is 65.4 Å². The lowest BCUT2D eigenvalue weighted by Crippen LogP contribution is -2.37. The van der Waals surface area contributed by atoms with E-state index in [1.165, 1.54) is 21.5 Å². The minimum Gasteiger partial charge on any atom is -0.507 e. The topological polar surface area (TPSA) is 29.5 Å². The third-order valence-corrected chi connectivity index (χ3v) is 13.2. The number of phenols is 1. The second-order valence-corrected chi connectivity index (χ2v) is 14.7. The van der Waals surface area contributed by atoms with Gasteiger partial charge in [-0.3, -0.25) is 0 Å². The van der Waals surface area contributed by atoms with Gasteiger partial charge in [-0.1, -0.05) is 54.6 Å². The van der Waals surface area contributed by atoms with Gasteiger partial charge in [0.25, 0.3) is 0 Å². The van der Waals surface area contributed by atoms with Crippen LogP contribution in [0.2, 0.25) is 0 Å². The van der Waals surface area contributed by atoms with Crippen molar-refractivity contribution < 1.29 is 9.84 Å². The second-order valence-electron chi connectivity index (χ2n) is 11.1. The van der Waals surface area contributed by atoms with E-state index in [0.717, 1.165) is 60.7 Å². The molecule has 1 heterocycles. The zero-order valence-corrected chi connectivity index (χ0v) is 24.1. The van der Waals surface area contributed by atoms with E-state index >= 15 is 0 Å². The largest absolute Gasteiger partial charge is 0.507 e. The first-order valence-corrected chi connectivity index (χ1v) is 15.9. The molecular formula is C35H40O2P+. The molecule has 0 radical (unpaired) electrons. The summed E-state index contributed by atoms with van der Waals surface area (Å²) in [5.41, 5.74) is 4.00. The molecule has 0 amide bonds. The molecule has 0 bridgehead atoms. The number of aromatic hydroxyl groups is 1. The van der Waals surface area contributed by atoms with Gasteiger partial charge in [-0.05, 0) is 113 Å². The molecule has 2 nitrogen and oxygen atoms in total. The van der Waals surface area contributed by atoms with Crippen molar-refractivity contribution in [2.75, 3.05) is 6.16 Å². The standard InChI is InChI=1S/C35H39O2P/c1-26-27(2)34-32(28(3)33(26)36)22-24-35(4,37-34)23-14-15-25-38(29-16-8-5-9-17-29,30-18-10-6-11-19-30)31-20-12-7-13-21-31/h5-13,16-21H,14-15,22-25H2,1-4H3/p+1. The first kappa shape index (κ1) is 26.5. The highest BCUT2D eigenvalue weighted by molar-refractivity contribution is 7.95. The Balaban J connectivity index is 1.40. The van der Waals surface area contributed by atoms with Crippen LogP contribution in [0.1, 0.15) is 54.9 Å². The van der Waals surface area contributed by atoms with Crippen molar-refractivity contribution in [3.8, 4) is 11.5 Å². The minimum absolute atomic E-state index is 0.180. The van der Waals surface area contributed by atoms with Crippen molar-refractivity contribution in [2.24, 2.45) is 0 Å². The van der Waals surface area contributed by atoms with Crippen LogP contribution in [-0.4, -0.2) is 16.9 Å². The fraction of sp³-hybridized carbons (Fsp3) is 0.314. The number of hydrogen-bond acceptors (Lipinski definition) is 2. The highest BCUT2D eigenvalue weighted by Crippen LogP contribution is 2.56. The first-order valence-electron chi connectivity index (χ1n) is 13.9. The van der Waals surface area contributed by atoms with E-state index in [0.29, 0.717) is 5.75 Å². The molecule has 196 valence electrons. The van der Waals surface area contributed by atoms with Crippen LogP contribution in [0.3, 0.4) is 0 Å². The molecule has 0 saturated heterocycles. The highest BCUT2D eigenvalue weighted by atomic mass is 31.2. The summed E-state index contributed by atoms with van der Waals surface area (Å²) in [5, 5.41) is 14.9. The summed E-state index contributed by atoms with van der Waals surface area (Å²) in [6.07, 6.45) is 6.38. The van der Waals surface area contributed by atoms with E-state index in [2.05, 4.69) is 105 Å². The summed E-state index contributed by atoms with van der Waals surface area (Å²) in [6, 6.07) is 33.5. The summed E-state index contributed by atoms with van der Waals surface area (Å²) in [7, 11) is -1.79. The van der Waals surface area contributed by atoms with Crippen LogP contribution in [0.4, 0.5) is 0 Å². The van der Waals surface area contributed by atoms with Crippen molar-refractivity contribution >= 4 is 23.2 Å². The average molecular weight is 524 g/mol. The van der Waals surface area contributed by atoms with Crippen LogP contribution >= 0.6 is 7.26 Å². The molecule has 0 aliphatic carbocycles. The van der Waals surface area contributed by atoms with E-state index < -0.39 is 7.26 Å². The molecule has 4 aromatic carbocycles. The summed E-state index contributed by atoms with van der Waals surface area (Å²) < 4.78 is 6.75. The van der Waals surface area contributed by atoms with Crippen LogP contribution in [0.15, 0.2) is 91.0 Å². The summed E-state index contributed by atoms with van der Waals surface area (Å²) in [5.74, 6) is 1.43. The Morgan fingerprint density at radius 3 is 1.71 bits per heavy atom. The van der Waals surface area contributed by atoms with Crippen LogP contribution in [0, 0.1) is 20.8 Å².